The van der Waals surface area contributed by atoms with Crippen LogP contribution in [0.5, 0.6) is 0 Å². The van der Waals surface area contributed by atoms with Gasteiger partial charge >= 0.3 is 0 Å². The van der Waals surface area contributed by atoms with Gasteiger partial charge in [-0.05, 0) is 50.4 Å². The summed E-state index contributed by atoms with van der Waals surface area (Å²) >= 11 is 1.89. The zero-order valence-corrected chi connectivity index (χ0v) is 24.4. The third-order valence-corrected chi connectivity index (χ3v) is 13.5. The van der Waals surface area contributed by atoms with Crippen molar-refractivity contribution in [3.8, 4) is 21.6 Å². The quantitative estimate of drug-likeness (QED) is 0.193. The van der Waals surface area contributed by atoms with Gasteiger partial charge in [-0.1, -0.05) is 146 Å². The molecule has 198 valence electrons. The lowest BCUT2D eigenvalue weighted by Gasteiger charge is -2.31. The number of thiophene rings is 1. The lowest BCUT2D eigenvalue weighted by molar-refractivity contribution is 0.592. The Hall–Kier alpha value is -4.49. The number of benzene rings is 6. The molecule has 0 N–H and O–H groups in total. The minimum atomic E-state index is -3.23. The van der Waals surface area contributed by atoms with E-state index in [1.807, 2.05) is 72.0 Å². The van der Waals surface area contributed by atoms with Crippen LogP contribution in [0.15, 0.2) is 152 Å². The number of fused-ring (bicyclic) bond motifs is 12. The average molecular weight is 573 g/mol. The summed E-state index contributed by atoms with van der Waals surface area (Å²) in [4.78, 5) is 1.34. The first kappa shape index (κ1) is 24.1. The zero-order valence-electron chi connectivity index (χ0n) is 22.7. The Bertz CT molecular complexity index is 2190. The van der Waals surface area contributed by atoms with Crippen LogP contribution in [0.4, 0.5) is 0 Å². The normalized spacial score (nSPS) is 16.3. The van der Waals surface area contributed by atoms with Crippen LogP contribution in [-0.4, -0.2) is 0 Å². The molecule has 0 amide bonds. The van der Waals surface area contributed by atoms with Gasteiger partial charge in [-0.15, -0.1) is 11.3 Å². The third-order valence-electron chi connectivity index (χ3n) is 9.17. The fraction of sp³-hybridized carbons (Fsp3) is 0.0256. The molecule has 0 fully saturated rings. The van der Waals surface area contributed by atoms with E-state index in [-0.39, 0.29) is 0 Å². The molecule has 0 radical (unpaired) electrons. The van der Waals surface area contributed by atoms with Crippen LogP contribution < -0.4 is 15.9 Å². The Kier molecular flexibility index (Phi) is 5.03. The molecule has 0 saturated carbocycles. The van der Waals surface area contributed by atoms with Crippen molar-refractivity contribution in [3.63, 3.8) is 0 Å². The number of hydrogen-bond donors (Lipinski definition) is 0. The average Bonchev–Trinajstić information content (AvgIpc) is 3.69. The molecule has 1 atom stereocenters. The van der Waals surface area contributed by atoms with E-state index >= 15 is 4.57 Å². The fourth-order valence-electron chi connectivity index (χ4n) is 7.58. The highest BCUT2D eigenvalue weighted by Crippen LogP contribution is 2.66. The molecule has 9 rings (SSSR count). The molecule has 0 aliphatic heterocycles. The molecule has 2 aliphatic carbocycles. The number of rotatable bonds is 3. The van der Waals surface area contributed by atoms with Crippen LogP contribution in [0.2, 0.25) is 0 Å². The summed E-state index contributed by atoms with van der Waals surface area (Å²) in [5.74, 6) is 0. The first-order valence-corrected chi connectivity index (χ1v) is 16.8. The maximum Gasteiger partial charge on any atom is 0.171 e. The highest BCUT2D eigenvalue weighted by molar-refractivity contribution is 7.85. The summed E-state index contributed by atoms with van der Waals surface area (Å²) < 4.78 is 17.1. The van der Waals surface area contributed by atoms with E-state index in [2.05, 4.69) is 91.0 Å². The standard InChI is InChI=1S/C39H25OPS/c40-41(26-14-3-1-4-15-26,27-16-5-2-6-17-27)34-24-13-23-33-36(34)28-18-7-10-21-31(28)39(33)32-22-11-8-19-29(32)38-37(39)30-20-9-12-25-35(30)42-38/h1-25H. The predicted molar refractivity (Wildman–Crippen MR) is 178 cm³/mol. The molecule has 0 bridgehead atoms. The second-order valence-electron chi connectivity index (χ2n) is 11.1. The van der Waals surface area contributed by atoms with Crippen molar-refractivity contribution in [1.82, 2.24) is 0 Å². The minimum Gasteiger partial charge on any atom is -0.309 e. The van der Waals surface area contributed by atoms with Gasteiger partial charge in [-0.3, -0.25) is 0 Å². The Morgan fingerprint density at radius 3 is 1.76 bits per heavy atom. The molecule has 3 heteroatoms. The topological polar surface area (TPSA) is 17.1 Å². The third kappa shape index (κ3) is 2.91. The molecule has 0 saturated heterocycles. The van der Waals surface area contributed by atoms with Crippen LogP contribution in [0.25, 0.3) is 31.7 Å². The molecule has 1 aromatic heterocycles. The van der Waals surface area contributed by atoms with Crippen LogP contribution >= 0.6 is 18.5 Å². The smallest absolute Gasteiger partial charge is 0.171 e. The van der Waals surface area contributed by atoms with E-state index in [1.165, 1.54) is 48.3 Å². The molecule has 42 heavy (non-hydrogen) atoms. The molecule has 1 spiro atoms. The van der Waals surface area contributed by atoms with Crippen molar-refractivity contribution in [1.29, 1.82) is 0 Å². The zero-order chi connectivity index (χ0) is 27.9. The molecule has 1 heterocycles. The van der Waals surface area contributed by atoms with Crippen molar-refractivity contribution in [2.24, 2.45) is 0 Å². The molecular weight excluding hydrogens is 547 g/mol. The van der Waals surface area contributed by atoms with Crippen LogP contribution in [0.1, 0.15) is 22.3 Å². The van der Waals surface area contributed by atoms with Crippen molar-refractivity contribution in [2.45, 2.75) is 5.41 Å². The van der Waals surface area contributed by atoms with E-state index in [4.69, 9.17) is 0 Å². The second kappa shape index (κ2) is 8.76. The molecule has 2 aliphatic rings. The molecule has 6 aromatic carbocycles. The van der Waals surface area contributed by atoms with Crippen molar-refractivity contribution < 1.29 is 4.57 Å². The highest BCUT2D eigenvalue weighted by Gasteiger charge is 2.54. The van der Waals surface area contributed by atoms with Gasteiger partial charge in [0.2, 0.25) is 0 Å². The van der Waals surface area contributed by atoms with Crippen LogP contribution in [0.3, 0.4) is 0 Å². The van der Waals surface area contributed by atoms with Gasteiger partial charge < -0.3 is 4.57 Å². The van der Waals surface area contributed by atoms with Crippen molar-refractivity contribution in [2.75, 3.05) is 0 Å². The van der Waals surface area contributed by atoms with E-state index in [1.54, 1.807) is 0 Å². The van der Waals surface area contributed by atoms with E-state index < -0.39 is 12.6 Å². The highest BCUT2D eigenvalue weighted by atomic mass is 32.1. The molecular formula is C39H25OPS. The van der Waals surface area contributed by atoms with Gasteiger partial charge in [0.1, 0.15) is 0 Å². The lowest BCUT2D eigenvalue weighted by atomic mass is 9.70. The van der Waals surface area contributed by atoms with Gasteiger partial charge in [0.05, 0.1) is 5.41 Å². The summed E-state index contributed by atoms with van der Waals surface area (Å²) in [6.45, 7) is 0. The largest absolute Gasteiger partial charge is 0.309 e. The van der Waals surface area contributed by atoms with Gasteiger partial charge in [0, 0.05) is 25.5 Å². The van der Waals surface area contributed by atoms with E-state index in [9.17, 15) is 0 Å². The van der Waals surface area contributed by atoms with E-state index in [0.29, 0.717) is 0 Å². The second-order valence-corrected chi connectivity index (χ2v) is 14.9. The van der Waals surface area contributed by atoms with Gasteiger partial charge in [-0.25, -0.2) is 0 Å². The Labute approximate surface area is 249 Å². The maximum absolute atomic E-state index is 15.8. The first-order valence-electron chi connectivity index (χ1n) is 14.3. The van der Waals surface area contributed by atoms with Gasteiger partial charge in [-0.2, -0.15) is 0 Å². The monoisotopic (exact) mass is 572 g/mol. The van der Waals surface area contributed by atoms with Gasteiger partial charge in [0.15, 0.2) is 7.14 Å². The Morgan fingerprint density at radius 2 is 1.05 bits per heavy atom. The molecule has 7 aromatic rings. The summed E-state index contributed by atoms with van der Waals surface area (Å²) in [5, 5.41) is 3.93. The molecule has 1 unspecified atom stereocenters. The first-order chi connectivity index (χ1) is 20.7. The fourth-order valence-corrected chi connectivity index (χ4v) is 11.8. The summed E-state index contributed by atoms with van der Waals surface area (Å²) in [7, 11) is -3.23. The summed E-state index contributed by atoms with van der Waals surface area (Å²) in [6.07, 6.45) is 0. The maximum atomic E-state index is 15.8. The van der Waals surface area contributed by atoms with Gasteiger partial charge in [0.25, 0.3) is 0 Å². The predicted octanol–water partition coefficient (Wildman–Crippen LogP) is 8.88. The van der Waals surface area contributed by atoms with Crippen LogP contribution in [0, 0.1) is 0 Å². The van der Waals surface area contributed by atoms with Crippen molar-refractivity contribution >= 4 is 44.5 Å². The van der Waals surface area contributed by atoms with Crippen LogP contribution in [-0.2, 0) is 9.98 Å². The Morgan fingerprint density at radius 1 is 0.500 bits per heavy atom. The lowest BCUT2D eigenvalue weighted by Crippen LogP contribution is -2.29. The minimum absolute atomic E-state index is 0.480. The van der Waals surface area contributed by atoms with E-state index in [0.717, 1.165) is 21.5 Å². The Balaban J connectivity index is 1.47. The molecule has 1 nitrogen and oxygen atoms in total. The van der Waals surface area contributed by atoms with Crippen molar-refractivity contribution in [3.05, 3.63) is 174 Å². The summed E-state index contributed by atoms with van der Waals surface area (Å²) in [6, 6.07) is 53.2. The number of hydrogen-bond acceptors (Lipinski definition) is 2. The summed E-state index contributed by atoms with van der Waals surface area (Å²) in [5.41, 5.74) is 8.28. The SMILES string of the molecule is O=P(c1ccccc1)(c1ccccc1)c1cccc2c1-c1ccccc1C21c2ccccc2-c2sc3ccccc3c21.